The van der Waals surface area contributed by atoms with Crippen LogP contribution < -0.4 is 10.9 Å². The molecule has 0 saturated heterocycles. The Morgan fingerprint density at radius 2 is 2.00 bits per heavy atom. The Morgan fingerprint density at radius 1 is 1.33 bits per heavy atom. The molecule has 5 nitrogen and oxygen atoms in total. The zero-order chi connectivity index (χ0) is 15.7. The van der Waals surface area contributed by atoms with Crippen LogP contribution in [0.15, 0.2) is 23.0 Å². The number of fused-ring (bicyclic) bond motifs is 1. The van der Waals surface area contributed by atoms with Gasteiger partial charge in [-0.3, -0.25) is 14.2 Å². The lowest BCUT2D eigenvalue weighted by atomic mass is 10.2. The third kappa shape index (κ3) is 3.08. The Bertz CT molecular complexity index is 752. The van der Waals surface area contributed by atoms with E-state index in [0.29, 0.717) is 21.7 Å². The molecule has 0 aliphatic rings. The number of nitrogens with one attached hydrogen (secondary N) is 1. The summed E-state index contributed by atoms with van der Waals surface area (Å²) in [7, 11) is 1.65. The van der Waals surface area contributed by atoms with Crippen LogP contribution in [-0.4, -0.2) is 15.5 Å². The molecular weight excluding hydrogens is 290 g/mol. The van der Waals surface area contributed by atoms with Crippen molar-refractivity contribution in [1.82, 2.24) is 14.9 Å². The number of carbonyl (C=O) groups is 1. The Morgan fingerprint density at radius 3 is 2.62 bits per heavy atom. The average molecular weight is 308 g/mol. The minimum atomic E-state index is -0.360. The number of rotatable bonds is 3. The van der Waals surface area contributed by atoms with Crippen molar-refractivity contribution in [2.24, 2.45) is 13.0 Å². The van der Waals surface area contributed by atoms with Crippen molar-refractivity contribution in [3.8, 4) is 0 Å². The van der Waals surface area contributed by atoms with Crippen LogP contribution in [0.1, 0.15) is 32.6 Å². The van der Waals surface area contributed by atoms with Crippen LogP contribution in [0.4, 0.5) is 0 Å². The first-order chi connectivity index (χ1) is 9.81. The average Bonchev–Trinajstić information content (AvgIpc) is 2.42. The molecule has 1 N–H and O–H groups in total. The van der Waals surface area contributed by atoms with Crippen LogP contribution in [0, 0.1) is 5.92 Å². The van der Waals surface area contributed by atoms with Crippen molar-refractivity contribution in [2.45, 2.75) is 26.8 Å². The third-order valence-corrected chi connectivity index (χ3v) is 3.58. The van der Waals surface area contributed by atoms with Crippen LogP contribution in [-0.2, 0) is 11.8 Å². The molecule has 1 aromatic carbocycles. The first-order valence-corrected chi connectivity index (χ1v) is 7.15. The molecule has 0 saturated carbocycles. The van der Waals surface area contributed by atoms with Gasteiger partial charge in [-0.15, -0.1) is 0 Å². The van der Waals surface area contributed by atoms with Gasteiger partial charge in [-0.05, 0) is 25.1 Å². The molecule has 1 aromatic heterocycles. The van der Waals surface area contributed by atoms with Crippen molar-refractivity contribution < 1.29 is 4.79 Å². The van der Waals surface area contributed by atoms with Gasteiger partial charge in [0, 0.05) is 18.0 Å². The summed E-state index contributed by atoms with van der Waals surface area (Å²) in [6, 6.07) is 4.62. The largest absolute Gasteiger partial charge is 0.346 e. The molecule has 112 valence electrons. The quantitative estimate of drug-likeness (QED) is 0.947. The van der Waals surface area contributed by atoms with E-state index in [4.69, 9.17) is 11.6 Å². The van der Waals surface area contributed by atoms with Crippen molar-refractivity contribution in [3.63, 3.8) is 0 Å². The maximum Gasteiger partial charge on any atom is 0.261 e. The highest BCUT2D eigenvalue weighted by atomic mass is 35.5. The lowest BCUT2D eigenvalue weighted by molar-refractivity contribution is -0.124. The Hall–Kier alpha value is -1.88. The molecule has 6 heteroatoms. The van der Waals surface area contributed by atoms with Crippen LogP contribution >= 0.6 is 11.6 Å². The minimum Gasteiger partial charge on any atom is -0.346 e. The van der Waals surface area contributed by atoms with Gasteiger partial charge in [0.15, 0.2) is 0 Å². The summed E-state index contributed by atoms with van der Waals surface area (Å²) in [6.07, 6.45) is 0. The summed E-state index contributed by atoms with van der Waals surface area (Å²) >= 11 is 5.95. The summed E-state index contributed by atoms with van der Waals surface area (Å²) in [5.41, 5.74) is 0.378. The number of amides is 1. The van der Waals surface area contributed by atoms with Gasteiger partial charge in [0.1, 0.15) is 5.82 Å². The Balaban J connectivity index is 2.51. The van der Waals surface area contributed by atoms with Gasteiger partial charge in [-0.25, -0.2) is 4.98 Å². The van der Waals surface area contributed by atoms with Gasteiger partial charge in [0.2, 0.25) is 5.91 Å². The first kappa shape index (κ1) is 15.5. The number of hydrogen-bond donors (Lipinski definition) is 1. The Kier molecular flexibility index (Phi) is 4.32. The number of benzene rings is 1. The second-order valence-corrected chi connectivity index (χ2v) is 5.82. The molecule has 21 heavy (non-hydrogen) atoms. The molecule has 1 atom stereocenters. The zero-order valence-electron chi connectivity index (χ0n) is 12.5. The number of halogens is 1. The number of nitrogens with zero attached hydrogens (tertiary/aromatic N) is 2. The summed E-state index contributed by atoms with van der Waals surface area (Å²) in [5, 5.41) is 3.88. The van der Waals surface area contributed by atoms with E-state index in [1.807, 2.05) is 13.8 Å². The van der Waals surface area contributed by atoms with E-state index in [-0.39, 0.29) is 23.4 Å². The van der Waals surface area contributed by atoms with E-state index < -0.39 is 0 Å². The molecule has 1 unspecified atom stereocenters. The predicted octanol–water partition coefficient (Wildman–Crippen LogP) is 2.42. The van der Waals surface area contributed by atoms with E-state index in [9.17, 15) is 9.59 Å². The summed E-state index contributed by atoms with van der Waals surface area (Å²) < 4.78 is 1.46. The van der Waals surface area contributed by atoms with Gasteiger partial charge < -0.3 is 5.32 Å². The predicted molar refractivity (Wildman–Crippen MR) is 83.4 cm³/mol. The molecule has 0 aliphatic carbocycles. The first-order valence-electron chi connectivity index (χ1n) is 6.77. The van der Waals surface area contributed by atoms with Crippen LogP contribution in [0.2, 0.25) is 5.02 Å². The standard InChI is InChI=1S/C15H18ClN3O2/c1-8(2)14(20)17-9(3)13-18-12-7-10(16)5-6-11(12)15(21)19(13)4/h5-9H,1-4H3,(H,17,20). The lowest BCUT2D eigenvalue weighted by Gasteiger charge is -2.18. The lowest BCUT2D eigenvalue weighted by Crippen LogP contribution is -2.34. The smallest absolute Gasteiger partial charge is 0.261 e. The van der Waals surface area contributed by atoms with Crippen molar-refractivity contribution in [1.29, 1.82) is 0 Å². The fraction of sp³-hybridized carbons (Fsp3) is 0.400. The third-order valence-electron chi connectivity index (χ3n) is 3.34. The molecule has 0 aliphatic heterocycles. The van der Waals surface area contributed by atoms with E-state index in [1.54, 1.807) is 32.2 Å². The molecule has 0 radical (unpaired) electrons. The van der Waals surface area contributed by atoms with E-state index in [0.717, 1.165) is 0 Å². The van der Waals surface area contributed by atoms with Crippen LogP contribution in [0.5, 0.6) is 0 Å². The normalized spacial score (nSPS) is 12.7. The summed E-state index contributed by atoms with van der Waals surface area (Å²) in [4.78, 5) is 28.6. The number of aromatic nitrogens is 2. The van der Waals surface area contributed by atoms with Crippen molar-refractivity contribution in [3.05, 3.63) is 39.4 Å². The monoisotopic (exact) mass is 307 g/mol. The van der Waals surface area contributed by atoms with Crippen LogP contribution in [0.3, 0.4) is 0 Å². The SMILES string of the molecule is CC(C)C(=O)NC(C)c1nc2cc(Cl)ccc2c(=O)n1C. The molecule has 1 heterocycles. The van der Waals surface area contributed by atoms with Gasteiger partial charge >= 0.3 is 0 Å². The fourth-order valence-electron chi connectivity index (χ4n) is 2.09. The van der Waals surface area contributed by atoms with E-state index in [1.165, 1.54) is 4.57 Å². The fourth-order valence-corrected chi connectivity index (χ4v) is 2.26. The highest BCUT2D eigenvalue weighted by molar-refractivity contribution is 6.31. The molecular formula is C15H18ClN3O2. The Labute approximate surface area is 127 Å². The molecule has 1 amide bonds. The molecule has 2 aromatic rings. The maximum atomic E-state index is 12.4. The summed E-state index contributed by atoms with van der Waals surface area (Å²) in [6.45, 7) is 5.43. The highest BCUT2D eigenvalue weighted by Gasteiger charge is 2.17. The molecule has 0 bridgehead atoms. The highest BCUT2D eigenvalue weighted by Crippen LogP contribution is 2.17. The van der Waals surface area contributed by atoms with Crippen molar-refractivity contribution >= 4 is 28.4 Å². The van der Waals surface area contributed by atoms with Gasteiger partial charge in [0.05, 0.1) is 16.9 Å². The van der Waals surface area contributed by atoms with E-state index >= 15 is 0 Å². The zero-order valence-corrected chi connectivity index (χ0v) is 13.2. The van der Waals surface area contributed by atoms with Gasteiger partial charge in [-0.2, -0.15) is 0 Å². The van der Waals surface area contributed by atoms with Gasteiger partial charge in [0.25, 0.3) is 5.56 Å². The maximum absolute atomic E-state index is 12.4. The van der Waals surface area contributed by atoms with E-state index in [2.05, 4.69) is 10.3 Å². The van der Waals surface area contributed by atoms with Crippen molar-refractivity contribution in [2.75, 3.05) is 0 Å². The summed E-state index contributed by atoms with van der Waals surface area (Å²) in [5.74, 6) is 0.297. The topological polar surface area (TPSA) is 64.0 Å². The van der Waals surface area contributed by atoms with Gasteiger partial charge in [-0.1, -0.05) is 25.4 Å². The molecule has 2 rings (SSSR count). The second-order valence-electron chi connectivity index (χ2n) is 5.38. The van der Waals surface area contributed by atoms with Crippen LogP contribution in [0.25, 0.3) is 10.9 Å². The molecule has 0 fully saturated rings. The number of carbonyl (C=O) groups excluding carboxylic acids is 1. The number of hydrogen-bond acceptors (Lipinski definition) is 3. The molecule has 0 spiro atoms. The second kappa shape index (κ2) is 5.85. The minimum absolute atomic E-state index is 0.0806.